The van der Waals surface area contributed by atoms with E-state index in [1.165, 1.54) is 0 Å². The van der Waals surface area contributed by atoms with E-state index in [1.54, 1.807) is 36.9 Å². The van der Waals surface area contributed by atoms with E-state index in [4.69, 9.17) is 9.47 Å². The van der Waals surface area contributed by atoms with Gasteiger partial charge < -0.3 is 14.8 Å². The number of esters is 1. The van der Waals surface area contributed by atoms with Gasteiger partial charge in [-0.05, 0) is 60.5 Å². The number of rotatable bonds is 9. The van der Waals surface area contributed by atoms with Gasteiger partial charge in [-0.2, -0.15) is 5.10 Å². The first-order valence-electron chi connectivity index (χ1n) is 11.7. The van der Waals surface area contributed by atoms with Crippen LogP contribution in [0.3, 0.4) is 0 Å². The van der Waals surface area contributed by atoms with Crippen molar-refractivity contribution in [2.24, 2.45) is 0 Å². The molecule has 0 fully saturated rings. The third kappa shape index (κ3) is 5.41. The van der Waals surface area contributed by atoms with Crippen LogP contribution in [0.5, 0.6) is 0 Å². The molecule has 0 radical (unpaired) electrons. The lowest BCUT2D eigenvalue weighted by Crippen LogP contribution is -2.37. The third-order valence-electron chi connectivity index (χ3n) is 5.81. The van der Waals surface area contributed by atoms with Gasteiger partial charge >= 0.3 is 5.97 Å². The van der Waals surface area contributed by atoms with Crippen LogP contribution in [-0.2, 0) is 9.47 Å². The van der Waals surface area contributed by atoms with Crippen molar-refractivity contribution in [2.75, 3.05) is 20.3 Å². The fourth-order valence-corrected chi connectivity index (χ4v) is 3.92. The summed E-state index contributed by atoms with van der Waals surface area (Å²) in [6, 6.07) is 23.0. The van der Waals surface area contributed by atoms with E-state index in [1.807, 2.05) is 49.4 Å². The first-order valence-corrected chi connectivity index (χ1v) is 11.7. The zero-order valence-corrected chi connectivity index (χ0v) is 20.2. The molecule has 1 heterocycles. The Bertz CT molecular complexity index is 1330. The molecule has 4 rings (SSSR count). The highest BCUT2D eigenvalue weighted by molar-refractivity contribution is 5.95. The number of nitrogens with zero attached hydrogens (tertiary/aromatic N) is 2. The van der Waals surface area contributed by atoms with E-state index in [-0.39, 0.29) is 24.2 Å². The van der Waals surface area contributed by atoms with Gasteiger partial charge in [0.15, 0.2) is 5.69 Å². The van der Waals surface area contributed by atoms with Crippen molar-refractivity contribution < 1.29 is 19.1 Å². The SMILES string of the molecule is CCOC(=O)c1cc(-c2ccc3ccccc3c2)n(-c2ccc(C(=O)N[C@H](CC)COC)cc2)n1. The number of ether oxygens (including phenoxy) is 2. The number of methoxy groups -OCH3 is 1. The Labute approximate surface area is 204 Å². The smallest absolute Gasteiger partial charge is 0.358 e. The second kappa shape index (κ2) is 11.0. The highest BCUT2D eigenvalue weighted by atomic mass is 16.5. The Morgan fingerprint density at radius 2 is 1.71 bits per heavy atom. The molecule has 0 bridgehead atoms. The lowest BCUT2D eigenvalue weighted by molar-refractivity contribution is 0.0518. The highest BCUT2D eigenvalue weighted by Crippen LogP contribution is 2.28. The number of benzene rings is 3. The molecule has 35 heavy (non-hydrogen) atoms. The molecule has 0 aliphatic carbocycles. The number of fused-ring (bicyclic) bond motifs is 1. The van der Waals surface area contributed by atoms with Crippen molar-refractivity contribution in [2.45, 2.75) is 26.3 Å². The van der Waals surface area contributed by atoms with Crippen LogP contribution in [-0.4, -0.2) is 48.0 Å². The van der Waals surface area contributed by atoms with E-state index in [2.05, 4.69) is 22.5 Å². The van der Waals surface area contributed by atoms with Gasteiger partial charge in [-0.3, -0.25) is 4.79 Å². The Morgan fingerprint density at radius 1 is 0.971 bits per heavy atom. The van der Waals surface area contributed by atoms with Crippen molar-refractivity contribution in [1.82, 2.24) is 15.1 Å². The van der Waals surface area contributed by atoms with Crippen molar-refractivity contribution in [3.05, 3.63) is 84.1 Å². The highest BCUT2D eigenvalue weighted by Gasteiger charge is 2.19. The molecule has 0 unspecified atom stereocenters. The zero-order valence-electron chi connectivity index (χ0n) is 20.2. The molecular weight excluding hydrogens is 442 g/mol. The molecule has 0 spiro atoms. The van der Waals surface area contributed by atoms with Gasteiger partial charge in [0.05, 0.1) is 30.6 Å². The summed E-state index contributed by atoms with van der Waals surface area (Å²) < 4.78 is 12.0. The first-order chi connectivity index (χ1) is 17.0. The minimum atomic E-state index is -0.479. The minimum absolute atomic E-state index is 0.0510. The monoisotopic (exact) mass is 471 g/mol. The predicted octanol–water partition coefficient (Wildman–Crippen LogP) is 5.02. The maximum absolute atomic E-state index is 12.7. The molecule has 0 saturated carbocycles. The van der Waals surface area contributed by atoms with Crippen molar-refractivity contribution in [3.63, 3.8) is 0 Å². The average molecular weight is 472 g/mol. The number of carbonyl (C=O) groups excluding carboxylic acids is 2. The van der Waals surface area contributed by atoms with Crippen LogP contribution in [0.25, 0.3) is 27.7 Å². The van der Waals surface area contributed by atoms with Crippen molar-refractivity contribution in [1.29, 1.82) is 0 Å². The maximum atomic E-state index is 12.7. The maximum Gasteiger partial charge on any atom is 0.358 e. The van der Waals surface area contributed by atoms with Crippen LogP contribution in [0.15, 0.2) is 72.8 Å². The van der Waals surface area contributed by atoms with Gasteiger partial charge in [0, 0.05) is 18.2 Å². The fourth-order valence-electron chi connectivity index (χ4n) is 3.92. The zero-order chi connectivity index (χ0) is 24.8. The first kappa shape index (κ1) is 24.2. The summed E-state index contributed by atoms with van der Waals surface area (Å²) in [6.07, 6.45) is 0.775. The molecule has 1 atom stereocenters. The molecule has 0 saturated heterocycles. The molecule has 4 aromatic rings. The topological polar surface area (TPSA) is 82.5 Å². The Hall–Kier alpha value is -3.97. The number of hydrogen-bond acceptors (Lipinski definition) is 5. The second-order valence-electron chi connectivity index (χ2n) is 8.19. The number of nitrogens with one attached hydrogen (secondary N) is 1. The van der Waals surface area contributed by atoms with Gasteiger partial charge in [0.2, 0.25) is 0 Å². The summed E-state index contributed by atoms with van der Waals surface area (Å²) in [5.74, 6) is -0.643. The van der Waals surface area contributed by atoms with Crippen LogP contribution in [0.1, 0.15) is 41.1 Å². The van der Waals surface area contributed by atoms with Crippen LogP contribution >= 0.6 is 0 Å². The number of hydrogen-bond donors (Lipinski definition) is 1. The van der Waals surface area contributed by atoms with Crippen molar-refractivity contribution in [3.8, 4) is 16.9 Å². The Balaban J connectivity index is 1.70. The molecule has 180 valence electrons. The quantitative estimate of drug-likeness (QED) is 0.347. The molecular formula is C28H29N3O4. The summed E-state index contributed by atoms with van der Waals surface area (Å²) >= 11 is 0. The van der Waals surface area contributed by atoms with Crippen LogP contribution < -0.4 is 5.32 Å². The molecule has 1 aromatic heterocycles. The number of amides is 1. The standard InChI is InChI=1S/C28H29N3O4/c1-4-23(18-34-3)29-27(32)20-12-14-24(15-13-20)31-26(17-25(30-31)28(33)35-5-2)22-11-10-19-8-6-7-9-21(19)16-22/h6-17,23H,4-5,18H2,1-3H3,(H,29,32)/t23-/m1/s1. The van der Waals surface area contributed by atoms with E-state index in [0.29, 0.717) is 12.2 Å². The fraction of sp³-hybridized carbons (Fsp3) is 0.250. The van der Waals surface area contributed by atoms with Gasteiger partial charge in [-0.25, -0.2) is 9.48 Å². The lowest BCUT2D eigenvalue weighted by atomic mass is 10.0. The van der Waals surface area contributed by atoms with E-state index in [9.17, 15) is 9.59 Å². The normalized spacial score (nSPS) is 11.9. The average Bonchev–Trinajstić information content (AvgIpc) is 3.34. The van der Waals surface area contributed by atoms with Gasteiger partial charge in [0.25, 0.3) is 5.91 Å². The Kier molecular flexibility index (Phi) is 7.57. The largest absolute Gasteiger partial charge is 0.461 e. The molecule has 1 amide bonds. The summed E-state index contributed by atoms with van der Waals surface area (Å²) in [6.45, 7) is 4.49. The molecule has 7 nitrogen and oxygen atoms in total. The van der Waals surface area contributed by atoms with Crippen molar-refractivity contribution >= 4 is 22.6 Å². The number of aromatic nitrogens is 2. The molecule has 0 aliphatic rings. The summed E-state index contributed by atoms with van der Waals surface area (Å²) in [5, 5.41) is 9.74. The lowest BCUT2D eigenvalue weighted by Gasteiger charge is -2.16. The van der Waals surface area contributed by atoms with Crippen LogP contribution in [0.4, 0.5) is 0 Å². The van der Waals surface area contributed by atoms with Gasteiger partial charge in [-0.15, -0.1) is 0 Å². The minimum Gasteiger partial charge on any atom is -0.461 e. The molecule has 7 heteroatoms. The molecule has 0 aliphatic heterocycles. The second-order valence-corrected chi connectivity index (χ2v) is 8.19. The number of carbonyl (C=O) groups is 2. The Morgan fingerprint density at radius 3 is 2.40 bits per heavy atom. The third-order valence-corrected chi connectivity index (χ3v) is 5.81. The summed E-state index contributed by atoms with van der Waals surface area (Å²) in [7, 11) is 1.62. The van der Waals surface area contributed by atoms with E-state index < -0.39 is 5.97 Å². The predicted molar refractivity (Wildman–Crippen MR) is 136 cm³/mol. The summed E-state index contributed by atoms with van der Waals surface area (Å²) in [4.78, 5) is 25.1. The van der Waals surface area contributed by atoms with Gasteiger partial charge in [0.1, 0.15) is 0 Å². The van der Waals surface area contributed by atoms with E-state index >= 15 is 0 Å². The molecule has 3 aromatic carbocycles. The van der Waals surface area contributed by atoms with Crippen LogP contribution in [0, 0.1) is 0 Å². The van der Waals surface area contributed by atoms with Crippen LogP contribution in [0.2, 0.25) is 0 Å². The molecule has 1 N–H and O–H groups in total. The van der Waals surface area contributed by atoms with E-state index in [0.717, 1.165) is 34.1 Å². The summed E-state index contributed by atoms with van der Waals surface area (Å²) in [5.41, 5.74) is 3.15. The van der Waals surface area contributed by atoms with Gasteiger partial charge in [-0.1, -0.05) is 43.3 Å².